The van der Waals surface area contributed by atoms with Crippen LogP contribution in [0.1, 0.15) is 0 Å². The fraction of sp³-hybridized carbons (Fsp3) is 0.0667. The molecule has 0 aromatic heterocycles. The first-order valence-electron chi connectivity index (χ1n) is 5.69. The van der Waals surface area contributed by atoms with Crippen molar-refractivity contribution in [3.05, 3.63) is 48.5 Å². The molecule has 0 saturated carbocycles. The Morgan fingerprint density at radius 1 is 0.765 bits per heavy atom. The van der Waals surface area contributed by atoms with Crippen molar-refractivity contribution < 1.29 is 0 Å². The Balaban J connectivity index is 2.64. The highest BCUT2D eigenvalue weighted by Gasteiger charge is 2.09. The Morgan fingerprint density at radius 2 is 1.24 bits per heavy atom. The number of hydrogen-bond acceptors (Lipinski definition) is 2. The van der Waals surface area contributed by atoms with E-state index < -0.39 is 0 Å². The molecule has 3 rings (SSSR count). The van der Waals surface area contributed by atoms with Crippen LogP contribution >= 0.6 is 0 Å². The maximum absolute atomic E-state index is 6.23. The average Bonchev–Trinajstić information content (AvgIpc) is 2.40. The summed E-state index contributed by atoms with van der Waals surface area (Å²) in [5, 5.41) is 7.93. The van der Waals surface area contributed by atoms with Gasteiger partial charge in [0.15, 0.2) is 0 Å². The Bertz CT molecular complexity index is 702. The van der Waals surface area contributed by atoms with Gasteiger partial charge in [0, 0.05) is 17.8 Å². The second-order valence-corrected chi connectivity index (χ2v) is 4.13. The van der Waals surface area contributed by atoms with Gasteiger partial charge >= 0.3 is 0 Å². The monoisotopic (exact) mass is 222 g/mol. The molecule has 0 amide bonds. The SMILES string of the molecule is CNc1c(N)c2ccccc2c2ccccc12. The Kier molecular flexibility index (Phi) is 2.15. The van der Waals surface area contributed by atoms with Crippen LogP contribution in [-0.2, 0) is 0 Å². The Labute approximate surface area is 100 Å². The summed E-state index contributed by atoms with van der Waals surface area (Å²) in [5.74, 6) is 0. The lowest BCUT2D eigenvalue weighted by Gasteiger charge is -2.13. The van der Waals surface area contributed by atoms with Crippen LogP contribution in [0.25, 0.3) is 21.5 Å². The second-order valence-electron chi connectivity index (χ2n) is 4.13. The van der Waals surface area contributed by atoms with E-state index in [0.717, 1.165) is 16.8 Å². The molecule has 0 radical (unpaired) electrons. The van der Waals surface area contributed by atoms with Crippen LogP contribution in [0.5, 0.6) is 0 Å². The minimum Gasteiger partial charge on any atom is -0.397 e. The van der Waals surface area contributed by atoms with Crippen LogP contribution in [0, 0.1) is 0 Å². The number of benzene rings is 3. The summed E-state index contributed by atoms with van der Waals surface area (Å²) in [6, 6.07) is 16.6. The minimum atomic E-state index is 0.821. The molecule has 3 aromatic carbocycles. The van der Waals surface area contributed by atoms with Crippen molar-refractivity contribution >= 4 is 32.9 Å². The average molecular weight is 222 g/mol. The fourth-order valence-corrected chi connectivity index (χ4v) is 2.44. The van der Waals surface area contributed by atoms with Crippen molar-refractivity contribution in [1.29, 1.82) is 0 Å². The predicted octanol–water partition coefficient (Wildman–Crippen LogP) is 3.62. The van der Waals surface area contributed by atoms with Crippen molar-refractivity contribution in [2.75, 3.05) is 18.1 Å². The maximum atomic E-state index is 6.23. The van der Waals surface area contributed by atoms with Gasteiger partial charge in [-0.2, -0.15) is 0 Å². The van der Waals surface area contributed by atoms with Gasteiger partial charge in [0.1, 0.15) is 0 Å². The summed E-state index contributed by atoms with van der Waals surface area (Å²) < 4.78 is 0. The first kappa shape index (κ1) is 9.97. The predicted molar refractivity (Wildman–Crippen MR) is 75.4 cm³/mol. The van der Waals surface area contributed by atoms with Gasteiger partial charge in [-0.1, -0.05) is 48.5 Å². The summed E-state index contributed by atoms with van der Waals surface area (Å²) in [6.07, 6.45) is 0. The molecule has 3 N–H and O–H groups in total. The van der Waals surface area contributed by atoms with Crippen LogP contribution in [0.4, 0.5) is 11.4 Å². The maximum Gasteiger partial charge on any atom is 0.0657 e. The molecule has 0 fully saturated rings. The summed E-state index contributed by atoms with van der Waals surface area (Å²) in [6.45, 7) is 0. The van der Waals surface area contributed by atoms with Crippen LogP contribution in [0.3, 0.4) is 0 Å². The van der Waals surface area contributed by atoms with Gasteiger partial charge in [0.05, 0.1) is 11.4 Å². The van der Waals surface area contributed by atoms with E-state index >= 15 is 0 Å². The summed E-state index contributed by atoms with van der Waals surface area (Å²) in [5.41, 5.74) is 8.07. The first-order valence-corrected chi connectivity index (χ1v) is 5.69. The molecule has 0 atom stereocenters. The molecule has 2 nitrogen and oxygen atoms in total. The molecule has 0 heterocycles. The quantitative estimate of drug-likeness (QED) is 0.375. The van der Waals surface area contributed by atoms with Gasteiger partial charge < -0.3 is 11.1 Å². The van der Waals surface area contributed by atoms with Gasteiger partial charge in [-0.05, 0) is 10.8 Å². The van der Waals surface area contributed by atoms with Crippen molar-refractivity contribution in [2.45, 2.75) is 0 Å². The number of anilines is 2. The summed E-state index contributed by atoms with van der Waals surface area (Å²) >= 11 is 0. The zero-order valence-electron chi connectivity index (χ0n) is 9.70. The number of hydrogen-bond donors (Lipinski definition) is 2. The number of fused-ring (bicyclic) bond motifs is 3. The van der Waals surface area contributed by atoms with Gasteiger partial charge in [-0.15, -0.1) is 0 Å². The van der Waals surface area contributed by atoms with Gasteiger partial charge in [-0.25, -0.2) is 0 Å². The third kappa shape index (κ3) is 1.34. The van der Waals surface area contributed by atoms with E-state index in [0.29, 0.717) is 0 Å². The normalized spacial score (nSPS) is 10.9. The molecule has 0 spiro atoms. The minimum absolute atomic E-state index is 0.821. The molecule has 84 valence electrons. The smallest absolute Gasteiger partial charge is 0.0657 e. The lowest BCUT2D eigenvalue weighted by atomic mass is 9.98. The van der Waals surface area contributed by atoms with E-state index in [2.05, 4.69) is 35.6 Å². The molecule has 17 heavy (non-hydrogen) atoms. The topological polar surface area (TPSA) is 38.0 Å². The third-order valence-electron chi connectivity index (χ3n) is 3.22. The molecular weight excluding hydrogens is 208 g/mol. The van der Waals surface area contributed by atoms with Crippen molar-refractivity contribution in [1.82, 2.24) is 0 Å². The second kappa shape index (κ2) is 3.67. The summed E-state index contributed by atoms with van der Waals surface area (Å²) in [4.78, 5) is 0. The number of nitrogens with two attached hydrogens (primary N) is 1. The molecule has 0 aliphatic rings. The molecule has 0 aliphatic heterocycles. The van der Waals surface area contributed by atoms with E-state index in [4.69, 9.17) is 5.73 Å². The highest BCUT2D eigenvalue weighted by molar-refractivity contribution is 6.19. The highest BCUT2D eigenvalue weighted by atomic mass is 14.9. The summed E-state index contributed by atoms with van der Waals surface area (Å²) in [7, 11) is 1.91. The van der Waals surface area contributed by atoms with Crippen LogP contribution < -0.4 is 11.1 Å². The van der Waals surface area contributed by atoms with E-state index in [1.165, 1.54) is 16.2 Å². The standard InChI is InChI=1S/C15H14N2/c1-17-15-13-9-5-3-7-11(13)10-6-2-4-8-12(10)14(15)16/h2-9,17H,16H2,1H3. The van der Waals surface area contributed by atoms with Crippen molar-refractivity contribution in [3.8, 4) is 0 Å². The van der Waals surface area contributed by atoms with Crippen LogP contribution in [-0.4, -0.2) is 7.05 Å². The Morgan fingerprint density at radius 3 is 1.82 bits per heavy atom. The van der Waals surface area contributed by atoms with E-state index in [1.807, 2.05) is 25.2 Å². The Hall–Kier alpha value is -2.22. The van der Waals surface area contributed by atoms with Gasteiger partial charge in [0.25, 0.3) is 0 Å². The highest BCUT2D eigenvalue weighted by Crippen LogP contribution is 2.37. The molecule has 0 bridgehead atoms. The van der Waals surface area contributed by atoms with Gasteiger partial charge in [0.2, 0.25) is 0 Å². The van der Waals surface area contributed by atoms with E-state index in [-0.39, 0.29) is 0 Å². The van der Waals surface area contributed by atoms with Crippen LogP contribution in [0.2, 0.25) is 0 Å². The largest absolute Gasteiger partial charge is 0.397 e. The molecular formula is C15H14N2. The number of nitrogens with one attached hydrogen (secondary N) is 1. The molecule has 2 heteroatoms. The van der Waals surface area contributed by atoms with Crippen LogP contribution in [0.15, 0.2) is 48.5 Å². The molecule has 3 aromatic rings. The van der Waals surface area contributed by atoms with Crippen molar-refractivity contribution in [3.63, 3.8) is 0 Å². The lowest BCUT2D eigenvalue weighted by molar-refractivity contribution is 1.55. The number of rotatable bonds is 1. The number of nitrogen functional groups attached to an aromatic ring is 1. The molecule has 0 saturated heterocycles. The zero-order valence-corrected chi connectivity index (χ0v) is 9.70. The third-order valence-corrected chi connectivity index (χ3v) is 3.22. The first-order chi connectivity index (χ1) is 8.33. The van der Waals surface area contributed by atoms with Crippen molar-refractivity contribution in [2.24, 2.45) is 0 Å². The fourth-order valence-electron chi connectivity index (χ4n) is 2.44. The van der Waals surface area contributed by atoms with E-state index in [1.54, 1.807) is 0 Å². The molecule has 0 aliphatic carbocycles. The van der Waals surface area contributed by atoms with Gasteiger partial charge in [-0.3, -0.25) is 0 Å². The van der Waals surface area contributed by atoms with E-state index in [9.17, 15) is 0 Å². The zero-order chi connectivity index (χ0) is 11.8. The lowest BCUT2D eigenvalue weighted by Crippen LogP contribution is -1.98. The molecule has 0 unspecified atom stereocenters.